The van der Waals surface area contributed by atoms with Crippen molar-refractivity contribution in [1.82, 2.24) is 0 Å². The number of thioether (sulfide) groups is 1. The predicted octanol–water partition coefficient (Wildman–Crippen LogP) is 3.29. The number of hydrogen-bond donors (Lipinski definition) is 0. The summed E-state index contributed by atoms with van der Waals surface area (Å²) in [6.07, 6.45) is -0.00948. The van der Waals surface area contributed by atoms with E-state index in [-0.39, 0.29) is 19.1 Å². The van der Waals surface area contributed by atoms with Gasteiger partial charge in [0.15, 0.2) is 18.1 Å². The number of fused-ring (bicyclic) bond motifs is 2. The van der Waals surface area contributed by atoms with E-state index in [1.807, 2.05) is 30.3 Å². The highest BCUT2D eigenvalue weighted by Crippen LogP contribution is 2.37. The summed E-state index contributed by atoms with van der Waals surface area (Å²) >= 11 is 1.76. The number of para-hydroxylation sites is 3. The van der Waals surface area contributed by atoms with Crippen molar-refractivity contribution < 1.29 is 23.8 Å². The van der Waals surface area contributed by atoms with Gasteiger partial charge in [-0.15, -0.1) is 11.8 Å². The molecule has 1 amide bonds. The standard InChI is InChI=1S/C21H21NO5S/c1-14-10-11-22(15-6-2-5-9-19(15)28-14)20(23)13-26-21(24)18-12-25-16-7-3-4-8-17(16)27-18/h2-9,14,18H,10-13H2,1H3/t14-,18-/m1/s1. The normalized spacial score (nSPS) is 20.7. The maximum atomic E-state index is 12.8. The number of amides is 1. The SMILES string of the molecule is C[C@@H]1CCN(C(=O)COC(=O)[C@H]2COc3ccccc3O2)c2ccccc2S1. The smallest absolute Gasteiger partial charge is 0.351 e. The minimum atomic E-state index is -0.880. The van der Waals surface area contributed by atoms with Gasteiger partial charge in [0.25, 0.3) is 5.91 Å². The number of benzene rings is 2. The molecule has 0 N–H and O–H groups in total. The second kappa shape index (κ2) is 8.14. The van der Waals surface area contributed by atoms with Crippen LogP contribution in [0.25, 0.3) is 0 Å². The first kappa shape index (κ1) is 18.7. The Balaban J connectivity index is 1.39. The third-order valence-electron chi connectivity index (χ3n) is 4.65. The van der Waals surface area contributed by atoms with E-state index in [9.17, 15) is 9.59 Å². The van der Waals surface area contributed by atoms with Crippen LogP contribution >= 0.6 is 11.8 Å². The van der Waals surface area contributed by atoms with E-state index in [1.54, 1.807) is 34.9 Å². The van der Waals surface area contributed by atoms with E-state index in [0.717, 1.165) is 17.0 Å². The summed E-state index contributed by atoms with van der Waals surface area (Å²) < 4.78 is 16.4. The van der Waals surface area contributed by atoms with Crippen molar-refractivity contribution >= 4 is 29.3 Å². The molecule has 146 valence electrons. The monoisotopic (exact) mass is 399 g/mol. The zero-order chi connectivity index (χ0) is 19.5. The van der Waals surface area contributed by atoms with Gasteiger partial charge < -0.3 is 19.1 Å². The molecule has 28 heavy (non-hydrogen) atoms. The molecule has 2 aromatic rings. The lowest BCUT2D eigenvalue weighted by Gasteiger charge is -2.26. The molecule has 0 radical (unpaired) electrons. The molecule has 2 aliphatic rings. The Labute approximate surface area is 167 Å². The Morgan fingerprint density at radius 1 is 1.14 bits per heavy atom. The van der Waals surface area contributed by atoms with Crippen molar-refractivity contribution in [3.8, 4) is 11.5 Å². The Hall–Kier alpha value is -2.67. The molecule has 4 rings (SSSR count). The zero-order valence-electron chi connectivity index (χ0n) is 15.5. The van der Waals surface area contributed by atoms with Gasteiger partial charge in [0.05, 0.1) is 5.69 Å². The van der Waals surface area contributed by atoms with Crippen LogP contribution in [0.1, 0.15) is 13.3 Å². The number of anilines is 1. The highest BCUT2D eigenvalue weighted by molar-refractivity contribution is 8.00. The molecule has 2 aliphatic heterocycles. The van der Waals surface area contributed by atoms with Crippen LogP contribution in [0.2, 0.25) is 0 Å². The lowest BCUT2D eigenvalue weighted by molar-refractivity contribution is -0.157. The molecule has 0 bridgehead atoms. The minimum Gasteiger partial charge on any atom is -0.485 e. The quantitative estimate of drug-likeness (QED) is 0.738. The van der Waals surface area contributed by atoms with Gasteiger partial charge in [-0.2, -0.15) is 0 Å². The molecule has 0 fully saturated rings. The van der Waals surface area contributed by atoms with E-state index < -0.39 is 12.1 Å². The first-order valence-corrected chi connectivity index (χ1v) is 10.1. The van der Waals surface area contributed by atoms with E-state index in [0.29, 0.717) is 23.3 Å². The minimum absolute atomic E-state index is 0.0603. The lowest BCUT2D eigenvalue weighted by Crippen LogP contribution is -2.41. The molecular formula is C21H21NO5S. The fourth-order valence-corrected chi connectivity index (χ4v) is 4.30. The third kappa shape index (κ3) is 3.94. The first-order valence-electron chi connectivity index (χ1n) is 9.23. The summed E-state index contributed by atoms with van der Waals surface area (Å²) in [6.45, 7) is 2.48. The van der Waals surface area contributed by atoms with Gasteiger partial charge in [-0.3, -0.25) is 4.79 Å². The van der Waals surface area contributed by atoms with Crippen molar-refractivity contribution in [2.24, 2.45) is 0 Å². The maximum Gasteiger partial charge on any atom is 0.351 e. The molecule has 0 aromatic heterocycles. The van der Waals surface area contributed by atoms with Gasteiger partial charge in [-0.05, 0) is 30.7 Å². The Kier molecular flexibility index (Phi) is 5.43. The van der Waals surface area contributed by atoms with Gasteiger partial charge in [0.2, 0.25) is 6.10 Å². The first-order chi connectivity index (χ1) is 13.6. The number of esters is 1. The maximum absolute atomic E-state index is 12.8. The van der Waals surface area contributed by atoms with Crippen LogP contribution < -0.4 is 14.4 Å². The summed E-state index contributed by atoms with van der Waals surface area (Å²) in [5.41, 5.74) is 0.865. The van der Waals surface area contributed by atoms with Crippen molar-refractivity contribution in [3.05, 3.63) is 48.5 Å². The van der Waals surface area contributed by atoms with Crippen LogP contribution in [0.4, 0.5) is 5.69 Å². The van der Waals surface area contributed by atoms with Crippen LogP contribution in [0.3, 0.4) is 0 Å². The fourth-order valence-electron chi connectivity index (χ4n) is 3.19. The van der Waals surface area contributed by atoms with Crippen molar-refractivity contribution in [3.63, 3.8) is 0 Å². The highest BCUT2D eigenvalue weighted by Gasteiger charge is 2.30. The van der Waals surface area contributed by atoms with Gasteiger partial charge in [0.1, 0.15) is 6.61 Å². The third-order valence-corrected chi connectivity index (χ3v) is 5.89. The average Bonchev–Trinajstić information content (AvgIpc) is 2.89. The molecule has 0 aliphatic carbocycles. The Bertz CT molecular complexity index is 887. The predicted molar refractivity (Wildman–Crippen MR) is 106 cm³/mol. The molecule has 6 nitrogen and oxygen atoms in total. The number of carbonyl (C=O) groups excluding carboxylic acids is 2. The van der Waals surface area contributed by atoms with Crippen LogP contribution in [0.15, 0.2) is 53.4 Å². The summed E-state index contributed by atoms with van der Waals surface area (Å²) in [5.74, 6) is 0.242. The molecule has 2 aromatic carbocycles. The van der Waals surface area contributed by atoms with E-state index in [4.69, 9.17) is 14.2 Å². The largest absolute Gasteiger partial charge is 0.485 e. The Morgan fingerprint density at radius 2 is 1.89 bits per heavy atom. The number of carbonyl (C=O) groups is 2. The van der Waals surface area contributed by atoms with Gasteiger partial charge in [-0.25, -0.2) is 4.79 Å². The summed E-state index contributed by atoms with van der Waals surface area (Å²) in [6, 6.07) is 14.9. The number of nitrogens with zero attached hydrogens (tertiary/aromatic N) is 1. The van der Waals surface area contributed by atoms with E-state index in [1.165, 1.54) is 0 Å². The molecule has 0 saturated heterocycles. The zero-order valence-corrected chi connectivity index (χ0v) is 16.3. The average molecular weight is 399 g/mol. The van der Waals surface area contributed by atoms with Gasteiger partial charge in [-0.1, -0.05) is 31.2 Å². The van der Waals surface area contributed by atoms with Crippen LogP contribution in [-0.2, 0) is 14.3 Å². The number of hydrogen-bond acceptors (Lipinski definition) is 6. The molecule has 2 atom stereocenters. The molecular weight excluding hydrogens is 378 g/mol. The molecule has 0 saturated carbocycles. The highest BCUT2D eigenvalue weighted by atomic mass is 32.2. The van der Waals surface area contributed by atoms with Crippen molar-refractivity contribution in [1.29, 1.82) is 0 Å². The lowest BCUT2D eigenvalue weighted by atomic mass is 10.2. The summed E-state index contributed by atoms with van der Waals surface area (Å²) in [5, 5.41) is 0.411. The van der Waals surface area contributed by atoms with E-state index in [2.05, 4.69) is 6.92 Å². The fraction of sp³-hybridized carbons (Fsp3) is 0.333. The molecule has 7 heteroatoms. The van der Waals surface area contributed by atoms with Crippen molar-refractivity contribution in [2.75, 3.05) is 24.7 Å². The van der Waals surface area contributed by atoms with Gasteiger partial charge >= 0.3 is 5.97 Å². The van der Waals surface area contributed by atoms with Gasteiger partial charge in [0, 0.05) is 16.7 Å². The topological polar surface area (TPSA) is 65.1 Å². The van der Waals surface area contributed by atoms with Crippen LogP contribution in [0.5, 0.6) is 11.5 Å². The molecule has 0 unspecified atom stereocenters. The van der Waals surface area contributed by atoms with E-state index >= 15 is 0 Å². The van der Waals surface area contributed by atoms with Crippen LogP contribution in [0, 0.1) is 0 Å². The summed E-state index contributed by atoms with van der Waals surface area (Å²) in [4.78, 5) is 27.9. The number of rotatable bonds is 3. The molecule has 0 spiro atoms. The second-order valence-electron chi connectivity index (χ2n) is 6.70. The Morgan fingerprint density at radius 3 is 2.75 bits per heavy atom. The summed E-state index contributed by atoms with van der Waals surface area (Å²) in [7, 11) is 0. The number of ether oxygens (including phenoxy) is 3. The second-order valence-corrected chi connectivity index (χ2v) is 8.18. The van der Waals surface area contributed by atoms with Crippen LogP contribution in [-0.4, -0.2) is 43.0 Å². The molecule has 2 heterocycles. The van der Waals surface area contributed by atoms with Crippen molar-refractivity contribution in [2.45, 2.75) is 29.6 Å².